The smallest absolute Gasteiger partial charge is 0.219 e. The molecule has 1 aliphatic rings. The van der Waals surface area contributed by atoms with Gasteiger partial charge in [-0.05, 0) is 61.0 Å². The number of hydrogen-bond acceptors (Lipinski definition) is 4. The maximum absolute atomic E-state index is 6.12. The fraction of sp³-hybridized carbons (Fsp3) is 0.308. The van der Waals surface area contributed by atoms with Crippen LogP contribution in [0.1, 0.15) is 37.7 Å². The summed E-state index contributed by atoms with van der Waals surface area (Å²) >= 11 is 11.7. The molecule has 0 radical (unpaired) electrons. The summed E-state index contributed by atoms with van der Waals surface area (Å²) in [6, 6.07) is 19.4. The number of methoxy groups -OCH3 is 1. The van der Waals surface area contributed by atoms with E-state index in [-0.39, 0.29) is 5.41 Å². The van der Waals surface area contributed by atoms with Crippen molar-refractivity contribution < 1.29 is 9.47 Å². The van der Waals surface area contributed by atoms with Crippen LogP contribution in [0.5, 0.6) is 17.4 Å². The molecule has 172 valence electrons. The average Bonchev–Trinajstić information content (AvgIpc) is 2.85. The van der Waals surface area contributed by atoms with Crippen molar-refractivity contribution >= 4 is 34.6 Å². The minimum absolute atomic E-state index is 0.0687. The van der Waals surface area contributed by atoms with Gasteiger partial charge in [0.25, 0.3) is 0 Å². The first-order valence-corrected chi connectivity index (χ1v) is 11.9. The fourth-order valence-electron chi connectivity index (χ4n) is 4.35. The number of nitrogens with one attached hydrogen (secondary N) is 2. The summed E-state index contributed by atoms with van der Waals surface area (Å²) in [5, 5.41) is 8.01. The van der Waals surface area contributed by atoms with Gasteiger partial charge in [0.05, 0.1) is 19.0 Å². The highest BCUT2D eigenvalue weighted by atomic mass is 35.5. The van der Waals surface area contributed by atoms with Crippen LogP contribution in [0.4, 0.5) is 5.69 Å². The van der Waals surface area contributed by atoms with Crippen molar-refractivity contribution in [1.82, 2.24) is 10.3 Å². The number of rotatable bonds is 7. The first-order chi connectivity index (χ1) is 16.1. The van der Waals surface area contributed by atoms with Crippen LogP contribution in [-0.2, 0) is 5.41 Å². The van der Waals surface area contributed by atoms with Crippen molar-refractivity contribution in [2.75, 3.05) is 19.0 Å². The molecular weight excluding hydrogens is 454 g/mol. The molecule has 2 N–H and O–H groups in total. The van der Waals surface area contributed by atoms with Crippen molar-refractivity contribution in [3.05, 3.63) is 77.4 Å². The molecule has 2 aromatic carbocycles. The van der Waals surface area contributed by atoms with E-state index in [9.17, 15) is 0 Å². The third-order valence-corrected chi connectivity index (χ3v) is 6.63. The zero-order valence-corrected chi connectivity index (χ0v) is 20.2. The molecule has 0 spiro atoms. The molecule has 0 atom stereocenters. The fourth-order valence-corrected chi connectivity index (χ4v) is 4.67. The molecule has 1 aliphatic carbocycles. The second-order valence-corrected chi connectivity index (χ2v) is 9.14. The van der Waals surface area contributed by atoms with Gasteiger partial charge < -0.3 is 20.1 Å². The number of ether oxygens (including phenoxy) is 2. The first-order valence-electron chi connectivity index (χ1n) is 11.2. The quantitative estimate of drug-likeness (QED) is 0.365. The lowest BCUT2D eigenvalue weighted by Gasteiger charge is -2.38. The van der Waals surface area contributed by atoms with Crippen LogP contribution in [-0.4, -0.2) is 23.8 Å². The van der Waals surface area contributed by atoms with Gasteiger partial charge in [-0.15, -0.1) is 0 Å². The Morgan fingerprint density at radius 1 is 1.00 bits per heavy atom. The van der Waals surface area contributed by atoms with Crippen LogP contribution in [0.3, 0.4) is 0 Å². The van der Waals surface area contributed by atoms with Crippen molar-refractivity contribution in [2.24, 2.45) is 0 Å². The van der Waals surface area contributed by atoms with Gasteiger partial charge in [-0.3, -0.25) is 0 Å². The van der Waals surface area contributed by atoms with Crippen LogP contribution < -0.4 is 20.1 Å². The molecular formula is C26H28ClN3O2S. The molecule has 1 heterocycles. The first kappa shape index (κ1) is 23.3. The van der Waals surface area contributed by atoms with Crippen LogP contribution in [0.2, 0.25) is 5.02 Å². The van der Waals surface area contributed by atoms with Crippen molar-refractivity contribution in [2.45, 2.75) is 37.5 Å². The molecule has 4 rings (SSSR count). The third kappa shape index (κ3) is 5.95. The highest BCUT2D eigenvalue weighted by Crippen LogP contribution is 2.39. The third-order valence-electron chi connectivity index (χ3n) is 6.13. The van der Waals surface area contributed by atoms with E-state index in [0.29, 0.717) is 22.5 Å². The molecule has 3 aromatic rings. The van der Waals surface area contributed by atoms with E-state index >= 15 is 0 Å². The maximum atomic E-state index is 6.12. The van der Waals surface area contributed by atoms with Crippen LogP contribution in [0.15, 0.2) is 66.9 Å². The standard InChI is InChI=1S/C26H28ClN3O2S/c1-31-22-7-3-4-8-23(22)32-24-14-13-21(17-28-24)30-25(33)29-18-26(15-5-2-6-16-26)19-9-11-20(27)12-10-19/h3-4,7-14,17H,2,5-6,15-16,18H2,1H3,(H2,29,30,33). The van der Waals surface area contributed by atoms with Crippen molar-refractivity contribution in [1.29, 1.82) is 0 Å². The van der Waals surface area contributed by atoms with Crippen LogP contribution >= 0.6 is 23.8 Å². The Labute approximate surface area is 205 Å². The lowest BCUT2D eigenvalue weighted by Crippen LogP contribution is -2.43. The molecule has 0 saturated heterocycles. The lowest BCUT2D eigenvalue weighted by atomic mass is 9.69. The molecule has 0 amide bonds. The highest BCUT2D eigenvalue weighted by Gasteiger charge is 2.33. The topological polar surface area (TPSA) is 55.4 Å². The molecule has 1 aromatic heterocycles. The number of thiocarbonyl (C=S) groups is 1. The maximum Gasteiger partial charge on any atom is 0.219 e. The average molecular weight is 482 g/mol. The summed E-state index contributed by atoms with van der Waals surface area (Å²) < 4.78 is 11.2. The summed E-state index contributed by atoms with van der Waals surface area (Å²) in [7, 11) is 1.61. The number of para-hydroxylation sites is 2. The van der Waals surface area contributed by atoms with Gasteiger partial charge in [0.15, 0.2) is 16.6 Å². The Kier molecular flexibility index (Phi) is 7.68. The van der Waals surface area contributed by atoms with Crippen LogP contribution in [0.25, 0.3) is 0 Å². The minimum atomic E-state index is 0.0687. The van der Waals surface area contributed by atoms with Gasteiger partial charge in [0.1, 0.15) is 0 Å². The number of anilines is 1. The molecule has 7 heteroatoms. The molecule has 1 fully saturated rings. The zero-order valence-electron chi connectivity index (χ0n) is 18.6. The summed E-state index contributed by atoms with van der Waals surface area (Å²) in [5.74, 6) is 1.75. The summed E-state index contributed by atoms with van der Waals surface area (Å²) in [4.78, 5) is 4.38. The predicted molar refractivity (Wildman–Crippen MR) is 138 cm³/mol. The number of aromatic nitrogens is 1. The van der Waals surface area contributed by atoms with E-state index in [1.54, 1.807) is 19.4 Å². The van der Waals surface area contributed by atoms with E-state index in [1.807, 2.05) is 42.5 Å². The Bertz CT molecular complexity index is 1070. The number of pyridine rings is 1. The Morgan fingerprint density at radius 2 is 1.73 bits per heavy atom. The van der Waals surface area contributed by atoms with Gasteiger partial charge >= 0.3 is 0 Å². The SMILES string of the molecule is COc1ccccc1Oc1ccc(NC(=S)NCC2(c3ccc(Cl)cc3)CCCCC2)cn1. The minimum Gasteiger partial charge on any atom is -0.493 e. The van der Waals surface area contributed by atoms with Crippen LogP contribution in [0, 0.1) is 0 Å². The second-order valence-electron chi connectivity index (χ2n) is 8.29. The number of benzene rings is 2. The van der Waals surface area contributed by atoms with E-state index < -0.39 is 0 Å². The lowest BCUT2D eigenvalue weighted by molar-refractivity contribution is 0.292. The zero-order chi connectivity index (χ0) is 23.1. The van der Waals surface area contributed by atoms with Gasteiger partial charge in [0, 0.05) is 23.0 Å². The van der Waals surface area contributed by atoms with Gasteiger partial charge in [-0.1, -0.05) is 55.1 Å². The Balaban J connectivity index is 1.36. The van der Waals surface area contributed by atoms with E-state index in [4.69, 9.17) is 33.3 Å². The normalized spacial score (nSPS) is 14.8. The van der Waals surface area contributed by atoms with Crippen molar-refractivity contribution in [3.8, 4) is 17.4 Å². The second kappa shape index (κ2) is 10.9. The van der Waals surface area contributed by atoms with Gasteiger partial charge in [-0.2, -0.15) is 0 Å². The van der Waals surface area contributed by atoms with E-state index in [2.05, 4.69) is 27.8 Å². The van der Waals surface area contributed by atoms with E-state index in [1.165, 1.54) is 24.8 Å². The molecule has 0 bridgehead atoms. The summed E-state index contributed by atoms with van der Waals surface area (Å²) in [6.45, 7) is 0.781. The monoisotopic (exact) mass is 481 g/mol. The summed E-state index contributed by atoms with van der Waals surface area (Å²) in [6.07, 6.45) is 7.72. The predicted octanol–water partition coefficient (Wildman–Crippen LogP) is 6.72. The van der Waals surface area contributed by atoms with E-state index in [0.717, 1.165) is 30.1 Å². The Hall–Kier alpha value is -2.83. The van der Waals surface area contributed by atoms with Gasteiger partial charge in [-0.25, -0.2) is 4.98 Å². The number of halogens is 1. The molecule has 0 unspecified atom stereocenters. The Morgan fingerprint density at radius 3 is 2.39 bits per heavy atom. The number of nitrogens with zero attached hydrogens (tertiary/aromatic N) is 1. The van der Waals surface area contributed by atoms with Crippen molar-refractivity contribution in [3.63, 3.8) is 0 Å². The molecule has 33 heavy (non-hydrogen) atoms. The molecule has 0 aliphatic heterocycles. The largest absolute Gasteiger partial charge is 0.493 e. The molecule has 1 saturated carbocycles. The molecule has 5 nitrogen and oxygen atoms in total. The summed E-state index contributed by atoms with van der Waals surface area (Å²) in [5.41, 5.74) is 2.18. The highest BCUT2D eigenvalue weighted by molar-refractivity contribution is 7.80. The van der Waals surface area contributed by atoms with Gasteiger partial charge in [0.2, 0.25) is 5.88 Å². The number of hydrogen-bond donors (Lipinski definition) is 2.